The van der Waals surface area contributed by atoms with Crippen LogP contribution in [0.25, 0.3) is 0 Å². The number of hydrogen-bond acceptors (Lipinski definition) is 5. The third-order valence-corrected chi connectivity index (χ3v) is 3.55. The second-order valence-corrected chi connectivity index (χ2v) is 5.20. The molecule has 1 heterocycles. The molecule has 5 nitrogen and oxygen atoms in total. The number of ether oxygens (including phenoxy) is 1. The van der Waals surface area contributed by atoms with Crippen LogP contribution < -0.4 is 10.5 Å². The van der Waals surface area contributed by atoms with Gasteiger partial charge in [0.25, 0.3) is 5.89 Å². The Morgan fingerprint density at radius 2 is 2.26 bits per heavy atom. The van der Waals surface area contributed by atoms with Crippen LogP contribution in [0.1, 0.15) is 31.0 Å². The van der Waals surface area contributed by atoms with Gasteiger partial charge in [-0.1, -0.05) is 22.8 Å². The molecule has 1 fully saturated rings. The summed E-state index contributed by atoms with van der Waals surface area (Å²) in [6, 6.07) is 7.16. The van der Waals surface area contributed by atoms with Crippen LogP contribution in [-0.4, -0.2) is 10.1 Å². The molecule has 0 bridgehead atoms. The minimum Gasteiger partial charge on any atom is -0.484 e. The van der Waals surface area contributed by atoms with Crippen molar-refractivity contribution in [1.82, 2.24) is 10.1 Å². The monoisotopic (exact) mass is 279 g/mol. The maximum atomic E-state index is 6.12. The highest BCUT2D eigenvalue weighted by Gasteiger charge is 2.38. The van der Waals surface area contributed by atoms with Gasteiger partial charge in [-0.05, 0) is 37.5 Å². The number of rotatable bonds is 4. The highest BCUT2D eigenvalue weighted by atomic mass is 35.5. The van der Waals surface area contributed by atoms with Gasteiger partial charge < -0.3 is 15.0 Å². The van der Waals surface area contributed by atoms with Crippen LogP contribution in [0.4, 0.5) is 0 Å². The zero-order valence-corrected chi connectivity index (χ0v) is 11.1. The summed E-state index contributed by atoms with van der Waals surface area (Å²) in [6.07, 6.45) is 2.92. The molecule has 100 valence electrons. The lowest BCUT2D eigenvalue weighted by Crippen LogP contribution is -2.44. The molecular formula is C13H14ClN3O2. The summed E-state index contributed by atoms with van der Waals surface area (Å²) in [5.74, 6) is 1.66. The molecule has 0 saturated heterocycles. The number of nitrogens with two attached hydrogens (primary N) is 1. The number of halogens is 1. The summed E-state index contributed by atoms with van der Waals surface area (Å²) in [4.78, 5) is 4.28. The molecule has 0 atom stereocenters. The van der Waals surface area contributed by atoms with E-state index in [0.29, 0.717) is 22.5 Å². The van der Waals surface area contributed by atoms with Gasteiger partial charge in [0.05, 0.1) is 5.54 Å². The molecule has 0 spiro atoms. The van der Waals surface area contributed by atoms with Gasteiger partial charge >= 0.3 is 0 Å². The van der Waals surface area contributed by atoms with Crippen molar-refractivity contribution >= 4 is 11.6 Å². The summed E-state index contributed by atoms with van der Waals surface area (Å²) >= 11 is 5.87. The molecular weight excluding hydrogens is 266 g/mol. The van der Waals surface area contributed by atoms with E-state index in [1.54, 1.807) is 12.1 Å². The van der Waals surface area contributed by atoms with Crippen LogP contribution in [0.2, 0.25) is 5.02 Å². The molecule has 0 unspecified atom stereocenters. The van der Waals surface area contributed by atoms with Crippen LogP contribution in [0, 0.1) is 0 Å². The molecule has 19 heavy (non-hydrogen) atoms. The van der Waals surface area contributed by atoms with Crippen molar-refractivity contribution < 1.29 is 9.26 Å². The topological polar surface area (TPSA) is 74.2 Å². The Bertz CT molecular complexity index is 581. The van der Waals surface area contributed by atoms with Crippen molar-refractivity contribution in [2.24, 2.45) is 5.73 Å². The van der Waals surface area contributed by atoms with Gasteiger partial charge in [-0.25, -0.2) is 0 Å². The van der Waals surface area contributed by atoms with E-state index in [1.165, 1.54) is 0 Å². The van der Waals surface area contributed by atoms with Crippen molar-refractivity contribution in [3.63, 3.8) is 0 Å². The molecule has 1 aliphatic rings. The van der Waals surface area contributed by atoms with Crippen LogP contribution in [0.3, 0.4) is 0 Å². The Labute approximate surface area is 115 Å². The van der Waals surface area contributed by atoms with Crippen LogP contribution in [-0.2, 0) is 12.1 Å². The van der Waals surface area contributed by atoms with E-state index >= 15 is 0 Å². The molecule has 2 N–H and O–H groups in total. The molecule has 1 aromatic carbocycles. The number of aromatic nitrogens is 2. The second kappa shape index (κ2) is 4.83. The lowest BCUT2D eigenvalue weighted by atomic mass is 9.77. The standard InChI is InChI=1S/C13H14ClN3O2/c14-9-3-1-4-10(7-9)18-8-11-16-12(17-19-11)13(15)5-2-6-13/h1,3-4,7H,2,5-6,8,15H2. The molecule has 0 radical (unpaired) electrons. The van der Waals surface area contributed by atoms with Crippen LogP contribution in [0.15, 0.2) is 28.8 Å². The summed E-state index contributed by atoms with van der Waals surface area (Å²) < 4.78 is 10.7. The van der Waals surface area contributed by atoms with Crippen LogP contribution >= 0.6 is 11.6 Å². The number of nitrogens with zero attached hydrogens (tertiary/aromatic N) is 2. The van der Waals surface area contributed by atoms with Gasteiger partial charge in [-0.3, -0.25) is 0 Å². The van der Waals surface area contributed by atoms with E-state index in [9.17, 15) is 0 Å². The van der Waals surface area contributed by atoms with Gasteiger partial charge in [0, 0.05) is 5.02 Å². The summed E-state index contributed by atoms with van der Waals surface area (Å²) in [7, 11) is 0. The Hall–Kier alpha value is -1.59. The van der Waals surface area contributed by atoms with Gasteiger partial charge in [-0.15, -0.1) is 0 Å². The highest BCUT2D eigenvalue weighted by Crippen LogP contribution is 2.36. The first-order chi connectivity index (χ1) is 9.16. The second-order valence-electron chi connectivity index (χ2n) is 4.77. The molecule has 3 rings (SSSR count). The Morgan fingerprint density at radius 1 is 1.42 bits per heavy atom. The summed E-state index contributed by atoms with van der Waals surface area (Å²) in [6.45, 7) is 0.212. The molecule has 1 saturated carbocycles. The van der Waals surface area contributed by atoms with Crippen molar-refractivity contribution in [1.29, 1.82) is 0 Å². The minimum absolute atomic E-state index is 0.212. The Kier molecular flexibility index (Phi) is 3.16. The average molecular weight is 280 g/mol. The molecule has 2 aromatic rings. The first-order valence-electron chi connectivity index (χ1n) is 6.16. The van der Waals surface area contributed by atoms with Gasteiger partial charge in [-0.2, -0.15) is 4.98 Å². The van der Waals surface area contributed by atoms with E-state index in [0.717, 1.165) is 19.3 Å². The number of hydrogen-bond donors (Lipinski definition) is 1. The van der Waals surface area contributed by atoms with Crippen LogP contribution in [0.5, 0.6) is 5.75 Å². The van der Waals surface area contributed by atoms with Gasteiger partial charge in [0.2, 0.25) is 0 Å². The van der Waals surface area contributed by atoms with Crippen molar-refractivity contribution in [3.05, 3.63) is 41.0 Å². The summed E-state index contributed by atoms with van der Waals surface area (Å²) in [5, 5.41) is 4.55. The first kappa shape index (κ1) is 12.4. The largest absolute Gasteiger partial charge is 0.484 e. The van der Waals surface area contributed by atoms with Crippen molar-refractivity contribution in [2.45, 2.75) is 31.4 Å². The zero-order chi connectivity index (χ0) is 13.3. The highest BCUT2D eigenvalue weighted by molar-refractivity contribution is 6.30. The fourth-order valence-electron chi connectivity index (χ4n) is 2.00. The zero-order valence-electron chi connectivity index (χ0n) is 10.3. The molecule has 0 amide bonds. The Morgan fingerprint density at radius 3 is 2.95 bits per heavy atom. The predicted octanol–water partition coefficient (Wildman–Crippen LogP) is 2.64. The smallest absolute Gasteiger partial charge is 0.264 e. The van der Waals surface area contributed by atoms with E-state index < -0.39 is 5.54 Å². The molecule has 1 aromatic heterocycles. The lowest BCUT2D eigenvalue weighted by molar-refractivity contribution is 0.223. The lowest BCUT2D eigenvalue weighted by Gasteiger charge is -2.34. The summed E-state index contributed by atoms with van der Waals surface area (Å²) in [5.41, 5.74) is 5.72. The molecule has 6 heteroatoms. The molecule has 0 aliphatic heterocycles. The van der Waals surface area contributed by atoms with E-state index in [1.807, 2.05) is 12.1 Å². The van der Waals surface area contributed by atoms with Gasteiger partial charge in [0.1, 0.15) is 5.75 Å². The first-order valence-corrected chi connectivity index (χ1v) is 6.54. The van der Waals surface area contributed by atoms with Crippen molar-refractivity contribution in [3.8, 4) is 5.75 Å². The maximum Gasteiger partial charge on any atom is 0.264 e. The quantitative estimate of drug-likeness (QED) is 0.931. The van der Waals surface area contributed by atoms with Gasteiger partial charge in [0.15, 0.2) is 12.4 Å². The minimum atomic E-state index is -0.405. The molecule has 1 aliphatic carbocycles. The SMILES string of the molecule is NC1(c2noc(COc3cccc(Cl)c3)n2)CCC1. The normalized spacial score (nSPS) is 16.9. The van der Waals surface area contributed by atoms with E-state index in [-0.39, 0.29) is 6.61 Å². The van der Waals surface area contributed by atoms with Crippen molar-refractivity contribution in [2.75, 3.05) is 0 Å². The average Bonchev–Trinajstić information content (AvgIpc) is 2.83. The fourth-order valence-corrected chi connectivity index (χ4v) is 2.18. The van der Waals surface area contributed by atoms with E-state index in [4.69, 9.17) is 26.6 Å². The number of benzene rings is 1. The van der Waals surface area contributed by atoms with E-state index in [2.05, 4.69) is 10.1 Å². The maximum absolute atomic E-state index is 6.12. The fraction of sp³-hybridized carbons (Fsp3) is 0.385. The predicted molar refractivity (Wildman–Crippen MR) is 69.8 cm³/mol. The third kappa shape index (κ3) is 2.57. The Balaban J connectivity index is 1.64. The third-order valence-electron chi connectivity index (χ3n) is 3.32.